The van der Waals surface area contributed by atoms with Crippen LogP contribution < -0.4 is 21.1 Å². The van der Waals surface area contributed by atoms with E-state index in [1.165, 1.54) is 17.4 Å². The molecular formula is C29H28FN7OS. The van der Waals surface area contributed by atoms with Gasteiger partial charge in [0.15, 0.2) is 0 Å². The van der Waals surface area contributed by atoms with Crippen LogP contribution in [0.2, 0.25) is 0 Å². The molecule has 1 aliphatic rings. The van der Waals surface area contributed by atoms with Gasteiger partial charge in [0.25, 0.3) is 5.56 Å². The molecule has 0 amide bonds. The molecule has 5 aromatic rings. The minimum absolute atomic E-state index is 0.171. The molecule has 2 N–H and O–H groups in total. The van der Waals surface area contributed by atoms with Crippen molar-refractivity contribution >= 4 is 39.7 Å². The molecule has 0 atom stereocenters. The number of rotatable bonds is 6. The number of piperazine rings is 1. The van der Waals surface area contributed by atoms with Gasteiger partial charge in [0, 0.05) is 48.3 Å². The molecule has 8 nitrogen and oxygen atoms in total. The number of aromatic nitrogens is 4. The van der Waals surface area contributed by atoms with Crippen molar-refractivity contribution in [3.8, 4) is 11.3 Å². The number of halogens is 1. The highest BCUT2D eigenvalue weighted by atomic mass is 32.1. The summed E-state index contributed by atoms with van der Waals surface area (Å²) in [6.45, 7) is 7.52. The molecule has 4 heterocycles. The Hall–Kier alpha value is -4.15. The highest BCUT2D eigenvalue weighted by Crippen LogP contribution is 2.27. The quantitative estimate of drug-likeness (QED) is 0.317. The average molecular weight is 542 g/mol. The summed E-state index contributed by atoms with van der Waals surface area (Å²) >= 11 is 1.50. The van der Waals surface area contributed by atoms with Gasteiger partial charge >= 0.3 is 0 Å². The fourth-order valence-corrected chi connectivity index (χ4v) is 5.52. The third-order valence-electron chi connectivity index (χ3n) is 7.08. The minimum atomic E-state index is -0.303. The number of anilines is 3. The summed E-state index contributed by atoms with van der Waals surface area (Å²) in [7, 11) is 0. The van der Waals surface area contributed by atoms with Crippen molar-refractivity contribution in [2.75, 3.05) is 36.4 Å². The van der Waals surface area contributed by atoms with Crippen molar-refractivity contribution in [3.05, 3.63) is 92.4 Å². The molecule has 1 aliphatic heterocycles. The highest BCUT2D eigenvalue weighted by molar-refractivity contribution is 7.10. The van der Waals surface area contributed by atoms with Crippen LogP contribution >= 0.6 is 11.3 Å². The highest BCUT2D eigenvalue weighted by Gasteiger charge is 2.18. The smallest absolute Gasteiger partial charge is 0.262 e. The number of benzene rings is 2. The maximum atomic E-state index is 15.0. The molecule has 10 heteroatoms. The molecule has 0 unspecified atom stereocenters. The number of nitrogens with zero attached hydrogens (tertiary/aromatic N) is 5. The summed E-state index contributed by atoms with van der Waals surface area (Å²) < 4.78 is 16.7. The molecule has 0 bridgehead atoms. The lowest BCUT2D eigenvalue weighted by atomic mass is 10.1. The van der Waals surface area contributed by atoms with Crippen molar-refractivity contribution in [1.82, 2.24) is 24.8 Å². The average Bonchev–Trinajstić information content (AvgIpc) is 3.37. The van der Waals surface area contributed by atoms with Crippen LogP contribution in [-0.2, 0) is 6.54 Å². The normalized spacial score (nSPS) is 13.7. The predicted molar refractivity (Wildman–Crippen MR) is 155 cm³/mol. The van der Waals surface area contributed by atoms with Crippen LogP contribution in [0.4, 0.5) is 21.7 Å². The molecule has 39 heavy (non-hydrogen) atoms. The number of pyridine rings is 1. The van der Waals surface area contributed by atoms with E-state index in [9.17, 15) is 4.79 Å². The number of hydrogen-bond donors (Lipinski definition) is 2. The summed E-state index contributed by atoms with van der Waals surface area (Å²) in [5.74, 6) is -0.0187. The number of thiazole rings is 1. The maximum absolute atomic E-state index is 15.0. The van der Waals surface area contributed by atoms with Crippen molar-refractivity contribution in [1.29, 1.82) is 0 Å². The van der Waals surface area contributed by atoms with Gasteiger partial charge in [-0.1, -0.05) is 24.3 Å². The Morgan fingerprint density at radius 2 is 1.90 bits per heavy atom. The zero-order valence-corrected chi connectivity index (χ0v) is 22.6. The second kappa shape index (κ2) is 10.5. The van der Waals surface area contributed by atoms with Crippen LogP contribution in [0.3, 0.4) is 0 Å². The van der Waals surface area contributed by atoms with Crippen LogP contribution in [0.25, 0.3) is 22.3 Å². The fraction of sp³-hybridized carbons (Fsp3) is 0.241. The third-order valence-corrected chi connectivity index (χ3v) is 7.84. The molecule has 0 radical (unpaired) electrons. The van der Waals surface area contributed by atoms with E-state index in [0.717, 1.165) is 47.6 Å². The van der Waals surface area contributed by atoms with Crippen molar-refractivity contribution < 1.29 is 4.39 Å². The molecule has 6 rings (SSSR count). The molecule has 0 saturated carbocycles. The van der Waals surface area contributed by atoms with E-state index in [2.05, 4.69) is 20.6 Å². The van der Waals surface area contributed by atoms with Crippen LogP contribution in [-0.4, -0.2) is 45.7 Å². The molecular weight excluding hydrogens is 513 g/mol. The van der Waals surface area contributed by atoms with Gasteiger partial charge in [0.1, 0.15) is 11.5 Å². The van der Waals surface area contributed by atoms with Crippen molar-refractivity contribution in [2.45, 2.75) is 20.4 Å². The number of fused-ring (bicyclic) bond motifs is 1. The molecule has 1 fully saturated rings. The Labute approximate surface area is 229 Å². The minimum Gasteiger partial charge on any atom is -0.367 e. The second-order valence-electron chi connectivity index (χ2n) is 9.63. The largest absolute Gasteiger partial charge is 0.367 e. The zero-order valence-electron chi connectivity index (χ0n) is 21.7. The lowest BCUT2D eigenvalue weighted by molar-refractivity contribution is 0.566. The molecule has 198 valence electrons. The Morgan fingerprint density at radius 3 is 2.64 bits per heavy atom. The first-order chi connectivity index (χ1) is 19.0. The Morgan fingerprint density at radius 1 is 1.08 bits per heavy atom. The van der Waals surface area contributed by atoms with E-state index < -0.39 is 0 Å². The summed E-state index contributed by atoms with van der Waals surface area (Å²) in [6.07, 6.45) is 1.69. The van der Waals surface area contributed by atoms with Crippen LogP contribution in [0.15, 0.2) is 65.0 Å². The van der Waals surface area contributed by atoms with Gasteiger partial charge in [0.2, 0.25) is 5.95 Å². The fourth-order valence-electron chi connectivity index (χ4n) is 4.93. The van der Waals surface area contributed by atoms with Crippen LogP contribution in [0, 0.1) is 19.7 Å². The SMILES string of the molecule is Cc1ccccc1Cn1c(=O)c(-c2ncsc2C)cc2cnc(Nc3ccc(N4CCNCC4)c(F)c3)nc21. The van der Waals surface area contributed by atoms with E-state index in [1.807, 2.05) is 49.1 Å². The summed E-state index contributed by atoms with van der Waals surface area (Å²) in [5, 5.41) is 7.12. The van der Waals surface area contributed by atoms with Gasteiger partial charge in [-0.3, -0.25) is 9.36 Å². The van der Waals surface area contributed by atoms with Gasteiger partial charge in [-0.15, -0.1) is 11.3 Å². The lowest BCUT2D eigenvalue weighted by Gasteiger charge is -2.29. The summed E-state index contributed by atoms with van der Waals surface area (Å²) in [5.41, 5.74) is 6.48. The first kappa shape index (κ1) is 25.1. The second-order valence-corrected chi connectivity index (χ2v) is 10.7. The summed E-state index contributed by atoms with van der Waals surface area (Å²) in [6, 6.07) is 14.8. The van der Waals surface area contributed by atoms with Gasteiger partial charge in [0.05, 0.1) is 29.0 Å². The monoisotopic (exact) mass is 541 g/mol. The molecule has 1 saturated heterocycles. The van der Waals surface area contributed by atoms with Gasteiger partial charge in [-0.25, -0.2) is 14.4 Å². The van der Waals surface area contributed by atoms with Crippen molar-refractivity contribution in [2.24, 2.45) is 0 Å². The van der Waals surface area contributed by atoms with E-state index in [4.69, 9.17) is 4.98 Å². The number of hydrogen-bond acceptors (Lipinski definition) is 8. The van der Waals surface area contributed by atoms with E-state index >= 15 is 4.39 Å². The van der Waals surface area contributed by atoms with E-state index in [1.54, 1.807) is 28.4 Å². The van der Waals surface area contributed by atoms with Crippen LogP contribution in [0.5, 0.6) is 0 Å². The lowest BCUT2D eigenvalue weighted by Crippen LogP contribution is -2.43. The standard InChI is InChI=1S/C29H28FN7OS/c1-18-5-3-4-6-20(18)16-37-27-21(13-23(28(37)38)26-19(2)39-17-33-26)15-32-29(35-27)34-22-7-8-25(24(30)14-22)36-11-9-31-10-12-36/h3-8,13-15,17,31H,9-12,16H2,1-2H3,(H,32,34,35). The van der Waals surface area contributed by atoms with E-state index in [-0.39, 0.29) is 17.3 Å². The molecule has 3 aromatic heterocycles. The Kier molecular flexibility index (Phi) is 6.80. The zero-order chi connectivity index (χ0) is 26.9. The van der Waals surface area contributed by atoms with Crippen LogP contribution in [0.1, 0.15) is 16.0 Å². The Bertz CT molecular complexity index is 1730. The van der Waals surface area contributed by atoms with Crippen molar-refractivity contribution in [3.63, 3.8) is 0 Å². The maximum Gasteiger partial charge on any atom is 0.262 e. The topological polar surface area (TPSA) is 88.0 Å². The number of aryl methyl sites for hydroxylation is 2. The molecule has 0 aliphatic carbocycles. The third kappa shape index (κ3) is 5.00. The molecule has 0 spiro atoms. The van der Waals surface area contributed by atoms with Gasteiger partial charge in [-0.2, -0.15) is 4.98 Å². The number of nitrogens with one attached hydrogen (secondary N) is 2. The van der Waals surface area contributed by atoms with Gasteiger partial charge in [-0.05, 0) is 49.2 Å². The Balaban J connectivity index is 1.40. The summed E-state index contributed by atoms with van der Waals surface area (Å²) in [4.78, 5) is 30.5. The van der Waals surface area contributed by atoms with E-state index in [0.29, 0.717) is 34.8 Å². The molecule has 2 aromatic carbocycles. The van der Waals surface area contributed by atoms with Gasteiger partial charge < -0.3 is 15.5 Å². The predicted octanol–water partition coefficient (Wildman–Crippen LogP) is 4.87. The first-order valence-corrected chi connectivity index (χ1v) is 13.7. The first-order valence-electron chi connectivity index (χ1n) is 12.9.